The van der Waals surface area contributed by atoms with Crippen molar-refractivity contribution in [3.63, 3.8) is 0 Å². The number of hydrogen-bond acceptors (Lipinski definition) is 6. The lowest BCUT2D eigenvalue weighted by Gasteiger charge is -2.30. The monoisotopic (exact) mass is 397 g/mol. The van der Waals surface area contributed by atoms with Gasteiger partial charge < -0.3 is 20.1 Å². The van der Waals surface area contributed by atoms with Gasteiger partial charge in [0, 0.05) is 24.8 Å². The van der Waals surface area contributed by atoms with E-state index in [2.05, 4.69) is 5.32 Å². The molecule has 0 radical (unpaired) electrons. The van der Waals surface area contributed by atoms with Gasteiger partial charge in [-0.25, -0.2) is 13.6 Å². The van der Waals surface area contributed by atoms with Crippen molar-refractivity contribution in [2.75, 3.05) is 31.2 Å². The van der Waals surface area contributed by atoms with Gasteiger partial charge >= 0.3 is 5.97 Å². The summed E-state index contributed by atoms with van der Waals surface area (Å²) in [7, 11) is -3.95. The normalized spacial score (nSPS) is 23.2. The molecule has 1 aliphatic carbocycles. The van der Waals surface area contributed by atoms with Crippen molar-refractivity contribution < 1.29 is 27.9 Å². The zero-order chi connectivity index (χ0) is 19.6. The van der Waals surface area contributed by atoms with E-state index in [1.807, 2.05) is 4.90 Å². The molecular formula is C17H23N3O6S. The molecule has 9 nitrogen and oxygen atoms in total. The van der Waals surface area contributed by atoms with Crippen LogP contribution in [0, 0.1) is 5.92 Å². The largest absolute Gasteiger partial charge is 0.481 e. The number of nitrogens with zero attached hydrogens (tertiary/aromatic N) is 1. The molecule has 1 saturated carbocycles. The second kappa shape index (κ2) is 7.83. The Morgan fingerprint density at radius 2 is 1.93 bits per heavy atom. The molecule has 27 heavy (non-hydrogen) atoms. The van der Waals surface area contributed by atoms with Crippen molar-refractivity contribution in [3.05, 3.63) is 23.8 Å². The number of benzene rings is 1. The smallest absolute Gasteiger partial charge is 0.306 e. The minimum Gasteiger partial charge on any atom is -0.481 e. The van der Waals surface area contributed by atoms with Crippen LogP contribution in [0.25, 0.3) is 0 Å². The van der Waals surface area contributed by atoms with Crippen molar-refractivity contribution in [2.45, 2.75) is 30.2 Å². The number of nitrogens with two attached hydrogens (primary N) is 1. The number of carboxylic acids is 1. The summed E-state index contributed by atoms with van der Waals surface area (Å²) in [6.07, 6.45) is 1.45. The third kappa shape index (κ3) is 4.57. The second-order valence-electron chi connectivity index (χ2n) is 6.84. The first-order valence-electron chi connectivity index (χ1n) is 8.79. The molecule has 1 amide bonds. The Bertz CT molecular complexity index is 835. The van der Waals surface area contributed by atoms with E-state index in [0.29, 0.717) is 51.3 Å². The fourth-order valence-electron chi connectivity index (χ4n) is 3.55. The van der Waals surface area contributed by atoms with Crippen LogP contribution in [0.5, 0.6) is 0 Å². The number of nitrogens with one attached hydrogen (secondary N) is 1. The van der Waals surface area contributed by atoms with Gasteiger partial charge in [-0.15, -0.1) is 0 Å². The highest BCUT2D eigenvalue weighted by Crippen LogP contribution is 2.28. The van der Waals surface area contributed by atoms with E-state index in [1.54, 1.807) is 6.07 Å². The summed E-state index contributed by atoms with van der Waals surface area (Å²) < 4.78 is 28.7. The minimum atomic E-state index is -3.95. The molecule has 2 atom stereocenters. The van der Waals surface area contributed by atoms with Crippen molar-refractivity contribution in [2.24, 2.45) is 11.1 Å². The van der Waals surface area contributed by atoms with E-state index < -0.39 is 27.8 Å². The lowest BCUT2D eigenvalue weighted by molar-refractivity contribution is -0.141. The predicted molar refractivity (Wildman–Crippen MR) is 97.1 cm³/mol. The molecule has 0 spiro atoms. The molecule has 1 aromatic carbocycles. The molecule has 1 aromatic rings. The van der Waals surface area contributed by atoms with Crippen LogP contribution in [-0.4, -0.2) is 57.7 Å². The van der Waals surface area contributed by atoms with Gasteiger partial charge in [0.15, 0.2) is 0 Å². The summed E-state index contributed by atoms with van der Waals surface area (Å²) in [5.74, 6) is -1.76. The number of rotatable bonds is 5. The number of carbonyl (C=O) groups is 2. The van der Waals surface area contributed by atoms with E-state index in [4.69, 9.17) is 15.0 Å². The van der Waals surface area contributed by atoms with Crippen molar-refractivity contribution in [3.8, 4) is 0 Å². The van der Waals surface area contributed by atoms with E-state index in [1.165, 1.54) is 12.1 Å². The molecular weight excluding hydrogens is 374 g/mol. The Morgan fingerprint density at radius 3 is 2.52 bits per heavy atom. The quantitative estimate of drug-likeness (QED) is 0.643. The molecule has 0 bridgehead atoms. The first-order chi connectivity index (χ1) is 12.8. The fourth-order valence-corrected chi connectivity index (χ4v) is 4.09. The highest BCUT2D eigenvalue weighted by atomic mass is 32.2. The summed E-state index contributed by atoms with van der Waals surface area (Å²) in [5, 5.41) is 17.2. The van der Waals surface area contributed by atoms with Gasteiger partial charge in [-0.1, -0.05) is 0 Å². The first kappa shape index (κ1) is 19.6. The van der Waals surface area contributed by atoms with Gasteiger partial charge in [0.2, 0.25) is 10.0 Å². The Labute approximate surface area is 157 Å². The number of morpholine rings is 1. The van der Waals surface area contributed by atoms with Crippen LogP contribution in [0.4, 0.5) is 5.69 Å². The topological polar surface area (TPSA) is 139 Å². The van der Waals surface area contributed by atoms with E-state index >= 15 is 0 Å². The van der Waals surface area contributed by atoms with Gasteiger partial charge in [0.05, 0.1) is 29.6 Å². The van der Waals surface area contributed by atoms with Crippen LogP contribution < -0.4 is 15.4 Å². The zero-order valence-corrected chi connectivity index (χ0v) is 15.6. The summed E-state index contributed by atoms with van der Waals surface area (Å²) >= 11 is 0. The molecule has 10 heteroatoms. The van der Waals surface area contributed by atoms with Crippen LogP contribution in [-0.2, 0) is 19.6 Å². The number of carbonyl (C=O) groups excluding carboxylic acids is 1. The summed E-state index contributed by atoms with van der Waals surface area (Å²) in [6, 6.07) is 3.98. The summed E-state index contributed by atoms with van der Waals surface area (Å²) in [5.41, 5.74) is 0.818. The Balaban J connectivity index is 1.86. The Kier molecular flexibility index (Phi) is 5.68. The number of primary sulfonamides is 1. The Hall–Kier alpha value is -2.17. The molecule has 1 aliphatic heterocycles. The number of sulfonamides is 1. The van der Waals surface area contributed by atoms with Crippen LogP contribution >= 0.6 is 0 Å². The van der Waals surface area contributed by atoms with Crippen molar-refractivity contribution >= 4 is 27.6 Å². The number of carboxylic acid groups (broad SMARTS) is 1. The number of amides is 1. The zero-order valence-electron chi connectivity index (χ0n) is 14.8. The van der Waals surface area contributed by atoms with Crippen molar-refractivity contribution in [1.82, 2.24) is 5.32 Å². The lowest BCUT2D eigenvalue weighted by atomic mass is 10.1. The highest BCUT2D eigenvalue weighted by Gasteiger charge is 2.31. The minimum absolute atomic E-state index is 0.139. The maximum absolute atomic E-state index is 12.9. The van der Waals surface area contributed by atoms with Crippen LogP contribution in [0.3, 0.4) is 0 Å². The van der Waals surface area contributed by atoms with Crippen LogP contribution in [0.15, 0.2) is 23.1 Å². The maximum atomic E-state index is 12.9. The molecule has 1 heterocycles. The van der Waals surface area contributed by atoms with Crippen molar-refractivity contribution in [1.29, 1.82) is 0 Å². The first-order valence-corrected chi connectivity index (χ1v) is 10.3. The van der Waals surface area contributed by atoms with Gasteiger partial charge in [0.1, 0.15) is 0 Å². The summed E-state index contributed by atoms with van der Waals surface area (Å²) in [4.78, 5) is 25.8. The van der Waals surface area contributed by atoms with E-state index in [9.17, 15) is 18.0 Å². The van der Waals surface area contributed by atoms with E-state index in [-0.39, 0.29) is 16.5 Å². The molecule has 3 rings (SSSR count). The van der Waals surface area contributed by atoms with Gasteiger partial charge in [-0.3, -0.25) is 9.59 Å². The molecule has 4 N–H and O–H groups in total. The van der Waals surface area contributed by atoms with Crippen LogP contribution in [0.2, 0.25) is 0 Å². The predicted octanol–water partition coefficient (Wildman–Crippen LogP) is 0.154. The second-order valence-corrected chi connectivity index (χ2v) is 8.40. The molecule has 0 unspecified atom stereocenters. The molecule has 148 valence electrons. The Morgan fingerprint density at radius 1 is 1.22 bits per heavy atom. The number of anilines is 1. The van der Waals surface area contributed by atoms with Gasteiger partial charge in [-0.2, -0.15) is 0 Å². The van der Waals surface area contributed by atoms with E-state index in [0.717, 1.165) is 0 Å². The standard InChI is InChI=1S/C17H23N3O6S/c18-27(24,25)13-3-4-15(20-5-7-26-8-6-20)14(10-13)16(21)19-12-2-1-11(9-12)17(22)23/h3-4,10-12H,1-2,5-9H2,(H,19,21)(H,22,23)(H2,18,24,25)/t11-,12+/m0/s1. The third-order valence-corrected chi connectivity index (χ3v) is 5.92. The molecule has 2 aliphatic rings. The van der Waals surface area contributed by atoms with Crippen LogP contribution in [0.1, 0.15) is 29.6 Å². The molecule has 2 fully saturated rings. The fraction of sp³-hybridized carbons (Fsp3) is 0.529. The molecule has 1 saturated heterocycles. The molecule has 0 aromatic heterocycles. The van der Waals surface area contributed by atoms with Gasteiger partial charge in [0.25, 0.3) is 5.91 Å². The lowest BCUT2D eigenvalue weighted by Crippen LogP contribution is -2.39. The maximum Gasteiger partial charge on any atom is 0.306 e. The third-order valence-electron chi connectivity index (χ3n) is 5.01. The average Bonchev–Trinajstić information content (AvgIpc) is 3.10. The summed E-state index contributed by atoms with van der Waals surface area (Å²) in [6.45, 7) is 2.20. The highest BCUT2D eigenvalue weighted by molar-refractivity contribution is 7.89. The van der Waals surface area contributed by atoms with Gasteiger partial charge in [-0.05, 0) is 37.5 Å². The average molecular weight is 397 g/mol. The number of aliphatic carboxylic acids is 1. The number of hydrogen-bond donors (Lipinski definition) is 3. The number of ether oxygens (including phenoxy) is 1. The SMILES string of the molecule is NS(=O)(=O)c1ccc(N2CCOCC2)c(C(=O)N[C@@H]2CC[C@H](C(=O)O)C2)c1.